The van der Waals surface area contributed by atoms with Gasteiger partial charge in [-0.05, 0) is 61.8 Å². The van der Waals surface area contributed by atoms with E-state index in [2.05, 4.69) is 33.3 Å². The SMILES string of the molecule is CCOc1ccc(CCNC(=S)N2CCN(Cc3ccccc3Cl)CC2)cc1OCC. The van der Waals surface area contributed by atoms with Crippen molar-refractivity contribution in [3.63, 3.8) is 0 Å². The van der Waals surface area contributed by atoms with Gasteiger partial charge in [0.2, 0.25) is 0 Å². The Morgan fingerprint density at radius 3 is 2.42 bits per heavy atom. The molecule has 0 saturated carbocycles. The predicted molar refractivity (Wildman–Crippen MR) is 131 cm³/mol. The molecule has 0 bridgehead atoms. The highest BCUT2D eigenvalue weighted by Gasteiger charge is 2.19. The van der Waals surface area contributed by atoms with Crippen molar-refractivity contribution in [2.45, 2.75) is 26.8 Å². The number of nitrogens with one attached hydrogen (secondary N) is 1. The third-order valence-electron chi connectivity index (χ3n) is 5.31. The summed E-state index contributed by atoms with van der Waals surface area (Å²) < 4.78 is 11.4. The van der Waals surface area contributed by atoms with E-state index < -0.39 is 0 Å². The molecule has 1 N–H and O–H groups in total. The van der Waals surface area contributed by atoms with Gasteiger partial charge >= 0.3 is 0 Å². The molecule has 1 aliphatic heterocycles. The van der Waals surface area contributed by atoms with E-state index >= 15 is 0 Å². The highest BCUT2D eigenvalue weighted by Crippen LogP contribution is 2.28. The van der Waals surface area contributed by atoms with Crippen molar-refractivity contribution in [3.8, 4) is 11.5 Å². The summed E-state index contributed by atoms with van der Waals surface area (Å²) in [6.07, 6.45) is 0.874. The summed E-state index contributed by atoms with van der Waals surface area (Å²) in [5, 5.41) is 5.08. The number of piperazine rings is 1. The molecule has 7 heteroatoms. The van der Waals surface area contributed by atoms with Crippen LogP contribution in [0.25, 0.3) is 0 Å². The Morgan fingerprint density at radius 1 is 1.00 bits per heavy atom. The lowest BCUT2D eigenvalue weighted by molar-refractivity contribution is 0.174. The highest BCUT2D eigenvalue weighted by atomic mass is 35.5. The molecule has 2 aromatic rings. The maximum Gasteiger partial charge on any atom is 0.169 e. The third-order valence-corrected chi connectivity index (χ3v) is 6.08. The van der Waals surface area contributed by atoms with E-state index in [-0.39, 0.29) is 0 Å². The van der Waals surface area contributed by atoms with Gasteiger partial charge in [0.25, 0.3) is 0 Å². The zero-order valence-electron chi connectivity index (χ0n) is 18.4. The van der Waals surface area contributed by atoms with Gasteiger partial charge in [0.1, 0.15) is 0 Å². The molecule has 1 heterocycles. The lowest BCUT2D eigenvalue weighted by atomic mass is 10.1. The molecule has 0 atom stereocenters. The van der Waals surface area contributed by atoms with E-state index in [0.717, 1.165) is 67.3 Å². The molecule has 0 aromatic heterocycles. The second-order valence-electron chi connectivity index (χ2n) is 7.48. The number of thiocarbonyl (C=S) groups is 1. The first-order valence-electron chi connectivity index (χ1n) is 11.0. The maximum absolute atomic E-state index is 6.30. The van der Waals surface area contributed by atoms with Crippen LogP contribution in [0, 0.1) is 0 Å². The molecule has 0 aliphatic carbocycles. The molecule has 0 amide bonds. The molecule has 0 unspecified atom stereocenters. The first-order chi connectivity index (χ1) is 15.1. The fourth-order valence-electron chi connectivity index (χ4n) is 3.65. The number of benzene rings is 2. The quantitative estimate of drug-likeness (QED) is 0.559. The molecule has 1 saturated heterocycles. The Kier molecular flexibility index (Phi) is 9.25. The van der Waals surface area contributed by atoms with Crippen LogP contribution in [-0.2, 0) is 13.0 Å². The molecular weight excluding hydrogens is 430 g/mol. The Bertz CT molecular complexity index is 856. The number of rotatable bonds is 9. The summed E-state index contributed by atoms with van der Waals surface area (Å²) in [5.41, 5.74) is 2.38. The van der Waals surface area contributed by atoms with Crippen molar-refractivity contribution >= 4 is 28.9 Å². The van der Waals surface area contributed by atoms with Crippen LogP contribution in [-0.4, -0.2) is 60.8 Å². The van der Waals surface area contributed by atoms with Crippen molar-refractivity contribution < 1.29 is 9.47 Å². The van der Waals surface area contributed by atoms with E-state index in [1.54, 1.807) is 0 Å². The molecule has 1 fully saturated rings. The largest absolute Gasteiger partial charge is 0.490 e. The first-order valence-corrected chi connectivity index (χ1v) is 11.8. The van der Waals surface area contributed by atoms with Crippen molar-refractivity contribution in [2.75, 3.05) is 45.9 Å². The zero-order valence-corrected chi connectivity index (χ0v) is 20.0. The lowest BCUT2D eigenvalue weighted by Gasteiger charge is -2.36. The summed E-state index contributed by atoms with van der Waals surface area (Å²) in [5.74, 6) is 1.60. The van der Waals surface area contributed by atoms with Crippen molar-refractivity contribution in [3.05, 3.63) is 58.6 Å². The van der Waals surface area contributed by atoms with Crippen LogP contribution < -0.4 is 14.8 Å². The van der Waals surface area contributed by atoms with E-state index in [9.17, 15) is 0 Å². The maximum atomic E-state index is 6.30. The average molecular weight is 462 g/mol. The van der Waals surface area contributed by atoms with Gasteiger partial charge < -0.3 is 19.7 Å². The lowest BCUT2D eigenvalue weighted by Crippen LogP contribution is -2.51. The van der Waals surface area contributed by atoms with Gasteiger partial charge in [0.15, 0.2) is 16.6 Å². The predicted octanol–water partition coefficient (Wildman–Crippen LogP) is 4.37. The van der Waals surface area contributed by atoms with E-state index in [1.165, 1.54) is 11.1 Å². The van der Waals surface area contributed by atoms with Crippen molar-refractivity contribution in [1.82, 2.24) is 15.1 Å². The van der Waals surface area contributed by atoms with Crippen LogP contribution in [0.3, 0.4) is 0 Å². The summed E-state index contributed by atoms with van der Waals surface area (Å²) in [6.45, 7) is 10.7. The van der Waals surface area contributed by atoms with Crippen LogP contribution >= 0.6 is 23.8 Å². The van der Waals surface area contributed by atoms with E-state index in [0.29, 0.717) is 13.2 Å². The first kappa shape index (κ1) is 23.6. The van der Waals surface area contributed by atoms with Gasteiger partial charge in [-0.2, -0.15) is 0 Å². The molecule has 1 aliphatic rings. The fraction of sp³-hybridized carbons (Fsp3) is 0.458. The number of ether oxygens (including phenoxy) is 2. The molecule has 5 nitrogen and oxygen atoms in total. The second-order valence-corrected chi connectivity index (χ2v) is 8.28. The van der Waals surface area contributed by atoms with Crippen LogP contribution in [0.5, 0.6) is 11.5 Å². The van der Waals surface area contributed by atoms with Crippen LogP contribution in [0.2, 0.25) is 5.02 Å². The van der Waals surface area contributed by atoms with Gasteiger partial charge in [-0.25, -0.2) is 0 Å². The molecule has 0 radical (unpaired) electrons. The fourth-order valence-corrected chi connectivity index (χ4v) is 4.13. The van der Waals surface area contributed by atoms with Gasteiger partial charge in [0, 0.05) is 44.3 Å². The minimum atomic E-state index is 0.619. The van der Waals surface area contributed by atoms with Gasteiger partial charge in [-0.15, -0.1) is 0 Å². The summed E-state index contributed by atoms with van der Waals surface area (Å²) >= 11 is 11.9. The Labute approximate surface area is 196 Å². The van der Waals surface area contributed by atoms with Crippen LogP contribution in [0.1, 0.15) is 25.0 Å². The van der Waals surface area contributed by atoms with Gasteiger partial charge in [-0.1, -0.05) is 35.9 Å². The van der Waals surface area contributed by atoms with E-state index in [4.69, 9.17) is 33.3 Å². The number of hydrogen-bond donors (Lipinski definition) is 1. The Morgan fingerprint density at radius 2 is 1.71 bits per heavy atom. The number of nitrogens with zero attached hydrogens (tertiary/aromatic N) is 2. The monoisotopic (exact) mass is 461 g/mol. The molecule has 168 valence electrons. The third kappa shape index (κ3) is 6.99. The minimum absolute atomic E-state index is 0.619. The summed E-state index contributed by atoms with van der Waals surface area (Å²) in [4.78, 5) is 4.68. The average Bonchev–Trinajstić information content (AvgIpc) is 2.78. The number of halogens is 1. The molecular formula is C24H32ClN3O2S. The normalized spacial score (nSPS) is 14.4. The zero-order chi connectivity index (χ0) is 22.1. The Balaban J connectivity index is 1.42. The molecule has 0 spiro atoms. The van der Waals surface area contributed by atoms with Crippen LogP contribution in [0.4, 0.5) is 0 Å². The summed E-state index contributed by atoms with van der Waals surface area (Å²) in [7, 11) is 0. The Hall–Kier alpha value is -2.02. The number of hydrogen-bond acceptors (Lipinski definition) is 4. The molecule has 2 aromatic carbocycles. The minimum Gasteiger partial charge on any atom is -0.490 e. The van der Waals surface area contributed by atoms with Crippen LogP contribution in [0.15, 0.2) is 42.5 Å². The van der Waals surface area contributed by atoms with E-state index in [1.807, 2.05) is 38.1 Å². The standard InChI is InChI=1S/C24H32ClN3O2S/c1-3-29-22-10-9-19(17-23(22)30-4-2)11-12-26-24(31)28-15-13-27(14-16-28)18-20-7-5-6-8-21(20)25/h5-10,17H,3-4,11-16,18H2,1-2H3,(H,26,31). The highest BCUT2D eigenvalue weighted by molar-refractivity contribution is 7.80. The smallest absolute Gasteiger partial charge is 0.169 e. The van der Waals surface area contributed by atoms with Gasteiger partial charge in [-0.3, -0.25) is 4.90 Å². The summed E-state index contributed by atoms with van der Waals surface area (Å²) in [6, 6.07) is 14.2. The topological polar surface area (TPSA) is 37.0 Å². The molecule has 31 heavy (non-hydrogen) atoms. The van der Waals surface area contributed by atoms with Crippen molar-refractivity contribution in [2.24, 2.45) is 0 Å². The molecule has 3 rings (SSSR count). The second kappa shape index (κ2) is 12.1. The van der Waals surface area contributed by atoms with Crippen molar-refractivity contribution in [1.29, 1.82) is 0 Å². The van der Waals surface area contributed by atoms with Gasteiger partial charge in [0.05, 0.1) is 13.2 Å².